The zero-order chi connectivity index (χ0) is 20.6. The third kappa shape index (κ3) is 3.65. The van der Waals surface area contributed by atoms with E-state index in [1.165, 1.54) is 5.56 Å². The molecule has 6 heteroatoms. The average Bonchev–Trinajstić information content (AvgIpc) is 3.19. The van der Waals surface area contributed by atoms with Crippen LogP contribution in [0.1, 0.15) is 49.8 Å². The molecule has 156 valence electrons. The first-order valence-corrected chi connectivity index (χ1v) is 10.4. The van der Waals surface area contributed by atoms with Crippen LogP contribution in [0.4, 0.5) is 0 Å². The molecule has 6 nitrogen and oxygen atoms in total. The molecule has 2 saturated heterocycles. The van der Waals surface area contributed by atoms with Crippen LogP contribution < -0.4 is 4.74 Å². The summed E-state index contributed by atoms with van der Waals surface area (Å²) in [5.41, 5.74) is 1.33. The Morgan fingerprint density at radius 1 is 1.24 bits per heavy atom. The number of hydrogen-bond donors (Lipinski definition) is 1. The van der Waals surface area contributed by atoms with E-state index >= 15 is 0 Å². The van der Waals surface area contributed by atoms with Gasteiger partial charge in [-0.1, -0.05) is 45.0 Å². The van der Waals surface area contributed by atoms with Crippen LogP contribution >= 0.6 is 0 Å². The molecule has 29 heavy (non-hydrogen) atoms. The van der Waals surface area contributed by atoms with E-state index in [4.69, 9.17) is 9.47 Å². The molecule has 3 heterocycles. The molecular formula is C23H31N3O3. The fourth-order valence-corrected chi connectivity index (χ4v) is 4.73. The summed E-state index contributed by atoms with van der Waals surface area (Å²) in [6.45, 7) is 9.34. The molecule has 0 saturated carbocycles. The van der Waals surface area contributed by atoms with Crippen LogP contribution in [0, 0.1) is 5.41 Å². The molecule has 2 aliphatic rings. The Morgan fingerprint density at radius 3 is 2.55 bits per heavy atom. The number of rotatable bonds is 6. The third-order valence-electron chi connectivity index (χ3n) is 6.33. The second-order valence-electron chi connectivity index (χ2n) is 9.11. The normalized spacial score (nSPS) is 23.6. The molecule has 0 unspecified atom stereocenters. The van der Waals surface area contributed by atoms with Crippen molar-refractivity contribution in [1.29, 1.82) is 0 Å². The van der Waals surface area contributed by atoms with Crippen molar-refractivity contribution in [3.05, 3.63) is 53.2 Å². The number of benzene rings is 1. The van der Waals surface area contributed by atoms with E-state index in [9.17, 15) is 5.11 Å². The van der Waals surface area contributed by atoms with Crippen LogP contribution in [-0.2, 0) is 10.3 Å². The van der Waals surface area contributed by atoms with Crippen LogP contribution in [0.5, 0.6) is 5.88 Å². The van der Waals surface area contributed by atoms with Gasteiger partial charge in [0.05, 0.1) is 19.4 Å². The van der Waals surface area contributed by atoms with Gasteiger partial charge in [-0.05, 0) is 24.1 Å². The van der Waals surface area contributed by atoms with Gasteiger partial charge >= 0.3 is 0 Å². The maximum atomic E-state index is 12.2. The molecule has 1 N–H and O–H groups in total. The minimum atomic E-state index is -1.19. The smallest absolute Gasteiger partial charge is 0.234 e. The molecule has 2 aromatic rings. The number of aliphatic hydroxyl groups is 1. The van der Waals surface area contributed by atoms with Gasteiger partial charge in [-0.3, -0.25) is 0 Å². The summed E-state index contributed by atoms with van der Waals surface area (Å²) < 4.78 is 11.4. The summed E-state index contributed by atoms with van der Waals surface area (Å²) in [4.78, 5) is 2.22. The summed E-state index contributed by atoms with van der Waals surface area (Å²) in [5.74, 6) is 0.880. The predicted octanol–water partition coefficient (Wildman–Crippen LogP) is 2.96. The highest BCUT2D eigenvalue weighted by molar-refractivity contribution is 5.41. The van der Waals surface area contributed by atoms with Crippen molar-refractivity contribution < 1.29 is 14.6 Å². The molecule has 0 amide bonds. The lowest BCUT2D eigenvalue weighted by atomic mass is 9.62. The Labute approximate surface area is 172 Å². The molecule has 0 radical (unpaired) electrons. The average molecular weight is 398 g/mol. The van der Waals surface area contributed by atoms with E-state index in [2.05, 4.69) is 55.0 Å². The van der Waals surface area contributed by atoms with Crippen LogP contribution in [0.3, 0.4) is 0 Å². The van der Waals surface area contributed by atoms with Crippen molar-refractivity contribution in [2.45, 2.75) is 44.8 Å². The minimum absolute atomic E-state index is 0.0107. The molecule has 0 bridgehead atoms. The van der Waals surface area contributed by atoms with E-state index in [-0.39, 0.29) is 11.5 Å². The van der Waals surface area contributed by atoms with E-state index in [0.29, 0.717) is 30.6 Å². The van der Waals surface area contributed by atoms with E-state index < -0.39 is 5.60 Å². The van der Waals surface area contributed by atoms with Gasteiger partial charge in [-0.25, -0.2) is 0 Å². The highest BCUT2D eigenvalue weighted by atomic mass is 16.5. The summed E-state index contributed by atoms with van der Waals surface area (Å²) in [5, 5.41) is 20.5. The molecule has 0 spiro atoms. The minimum Gasteiger partial charge on any atom is -0.471 e. The van der Waals surface area contributed by atoms with Gasteiger partial charge in [0.15, 0.2) is 0 Å². The van der Waals surface area contributed by atoms with Crippen molar-refractivity contribution >= 4 is 0 Å². The Bertz CT molecular complexity index is 843. The van der Waals surface area contributed by atoms with Gasteiger partial charge in [0.1, 0.15) is 11.7 Å². The lowest BCUT2D eigenvalue weighted by Gasteiger charge is -2.55. The third-order valence-corrected chi connectivity index (χ3v) is 6.33. The van der Waals surface area contributed by atoms with Crippen LogP contribution in [0.25, 0.3) is 0 Å². The topological polar surface area (TPSA) is 67.7 Å². The SMILES string of the molecule is CC(C)c1ccc([C@](O)(c2cnnc(O[C@@H]3CCOC3)c2)C2(C)CN(C)C2)cc1. The Morgan fingerprint density at radius 2 is 1.97 bits per heavy atom. The number of aromatic nitrogens is 2. The lowest BCUT2D eigenvalue weighted by molar-refractivity contribution is -0.127. The summed E-state index contributed by atoms with van der Waals surface area (Å²) >= 11 is 0. The highest BCUT2D eigenvalue weighted by Crippen LogP contribution is 2.50. The maximum Gasteiger partial charge on any atom is 0.234 e. The molecule has 2 atom stereocenters. The molecule has 1 aromatic heterocycles. The molecule has 2 fully saturated rings. The fraction of sp³-hybridized carbons (Fsp3) is 0.565. The second kappa shape index (κ2) is 7.67. The Kier molecular flexibility index (Phi) is 5.36. The first-order valence-electron chi connectivity index (χ1n) is 10.4. The molecular weight excluding hydrogens is 366 g/mol. The molecule has 2 aliphatic heterocycles. The van der Waals surface area contributed by atoms with Crippen LogP contribution in [-0.4, -0.2) is 59.7 Å². The largest absolute Gasteiger partial charge is 0.471 e. The van der Waals surface area contributed by atoms with E-state index in [1.807, 2.05) is 18.2 Å². The summed E-state index contributed by atoms with van der Waals surface area (Å²) in [6, 6.07) is 10.2. The summed E-state index contributed by atoms with van der Waals surface area (Å²) in [6.07, 6.45) is 2.50. The molecule has 1 aromatic carbocycles. The van der Waals surface area contributed by atoms with Crippen molar-refractivity contribution in [1.82, 2.24) is 15.1 Å². The maximum absolute atomic E-state index is 12.2. The van der Waals surface area contributed by atoms with Gasteiger partial charge in [-0.15, -0.1) is 5.10 Å². The lowest BCUT2D eigenvalue weighted by Crippen LogP contribution is -2.63. The Hall–Kier alpha value is -2.02. The van der Waals surface area contributed by atoms with Crippen LogP contribution in [0.15, 0.2) is 36.5 Å². The van der Waals surface area contributed by atoms with Crippen molar-refractivity contribution in [2.24, 2.45) is 5.41 Å². The van der Waals surface area contributed by atoms with E-state index in [1.54, 1.807) is 6.20 Å². The van der Waals surface area contributed by atoms with Gasteiger partial charge < -0.3 is 19.5 Å². The number of ether oxygens (including phenoxy) is 2. The predicted molar refractivity (Wildman–Crippen MR) is 111 cm³/mol. The van der Waals surface area contributed by atoms with Crippen LogP contribution in [0.2, 0.25) is 0 Å². The quantitative estimate of drug-likeness (QED) is 0.808. The standard InChI is InChI=1S/C23H31N3O3/c1-16(2)17-5-7-18(8-6-17)23(27,22(3)14-26(4)15-22)19-11-21(25-24-12-19)29-20-9-10-28-13-20/h5-8,11-12,16,20,27H,9-10,13-15H2,1-4H3/t20-,23+/m1/s1. The first-order chi connectivity index (χ1) is 13.8. The van der Waals surface area contributed by atoms with Crippen molar-refractivity contribution in [2.75, 3.05) is 33.4 Å². The number of nitrogens with zero attached hydrogens (tertiary/aromatic N) is 3. The highest BCUT2D eigenvalue weighted by Gasteiger charge is 2.55. The van der Waals surface area contributed by atoms with Gasteiger partial charge in [0.2, 0.25) is 5.88 Å². The molecule has 0 aliphatic carbocycles. The first kappa shape index (κ1) is 20.3. The molecule has 4 rings (SSSR count). The monoisotopic (exact) mass is 397 g/mol. The zero-order valence-electron chi connectivity index (χ0n) is 17.8. The number of hydrogen-bond acceptors (Lipinski definition) is 6. The van der Waals surface area contributed by atoms with Crippen molar-refractivity contribution in [3.63, 3.8) is 0 Å². The van der Waals surface area contributed by atoms with Gasteiger partial charge in [-0.2, -0.15) is 5.10 Å². The number of likely N-dealkylation sites (tertiary alicyclic amines) is 1. The fourth-order valence-electron chi connectivity index (χ4n) is 4.73. The van der Waals surface area contributed by atoms with E-state index in [0.717, 1.165) is 25.1 Å². The Balaban J connectivity index is 1.73. The van der Waals surface area contributed by atoms with Gasteiger partial charge in [0.25, 0.3) is 0 Å². The summed E-state index contributed by atoms with van der Waals surface area (Å²) in [7, 11) is 2.07. The van der Waals surface area contributed by atoms with Gasteiger partial charge in [0, 0.05) is 36.6 Å². The zero-order valence-corrected chi connectivity index (χ0v) is 17.8. The van der Waals surface area contributed by atoms with Crippen molar-refractivity contribution in [3.8, 4) is 5.88 Å². The second-order valence-corrected chi connectivity index (χ2v) is 9.11.